The molecule has 1 atom stereocenters. The Balaban J connectivity index is 1.16. The molecule has 0 spiro atoms. The summed E-state index contributed by atoms with van der Waals surface area (Å²) in [5.41, 5.74) is 0.223. The zero-order chi connectivity index (χ0) is 35.2. The maximum atomic E-state index is 14.8. The van der Waals surface area contributed by atoms with Crippen LogP contribution >= 0.6 is 0 Å². The van der Waals surface area contributed by atoms with Crippen LogP contribution in [0.25, 0.3) is 11.0 Å². The van der Waals surface area contributed by atoms with Gasteiger partial charge in [-0.05, 0) is 104 Å². The van der Waals surface area contributed by atoms with Crippen LogP contribution in [0.5, 0.6) is 0 Å². The molecule has 258 valence electrons. The number of aromatic amines is 1. The molecule has 0 saturated heterocycles. The van der Waals surface area contributed by atoms with E-state index in [4.69, 9.17) is 0 Å². The predicted octanol–water partition coefficient (Wildman–Crippen LogP) is 5.02. The molecule has 4 aliphatic rings. The minimum absolute atomic E-state index is 0.0417. The third kappa shape index (κ3) is 6.67. The highest BCUT2D eigenvalue weighted by Gasteiger charge is 2.50. The first-order chi connectivity index (χ1) is 23.9. The van der Waals surface area contributed by atoms with Crippen molar-refractivity contribution in [3.63, 3.8) is 0 Å². The van der Waals surface area contributed by atoms with E-state index in [-0.39, 0.29) is 45.3 Å². The van der Waals surface area contributed by atoms with Gasteiger partial charge in [0.25, 0.3) is 11.8 Å². The summed E-state index contributed by atoms with van der Waals surface area (Å²) in [6.45, 7) is 0.503. The van der Waals surface area contributed by atoms with Crippen molar-refractivity contribution in [2.45, 2.75) is 51.0 Å². The fourth-order valence-electron chi connectivity index (χ4n) is 8.73. The first-order valence-electron chi connectivity index (χ1n) is 16.7. The molecule has 1 heterocycles. The normalized spacial score (nSPS) is 22.5. The number of amides is 3. The van der Waals surface area contributed by atoms with Gasteiger partial charge in [0.05, 0.1) is 39.6 Å². The van der Waals surface area contributed by atoms with E-state index in [1.54, 1.807) is 12.1 Å². The molecule has 4 aromatic rings. The number of carboxylic acids is 2. The van der Waals surface area contributed by atoms with E-state index < -0.39 is 41.5 Å². The smallest absolute Gasteiger partial charge is 0.335 e. The summed E-state index contributed by atoms with van der Waals surface area (Å²) in [6, 6.07) is 10.4. The van der Waals surface area contributed by atoms with E-state index in [0.29, 0.717) is 35.3 Å². The SMILES string of the molecule is O=C(O)c1cc(NC(=O)[C@H](Cc2ccccc2F)NC(=O)c2cc3nc[nH]c3cc2C(=O)NCC23CC4CC(CC(C4)C2)C3)cc(C(=O)O)c1. The fourth-order valence-corrected chi connectivity index (χ4v) is 8.73. The number of carbonyl (C=O) groups excluding carboxylic acids is 3. The molecule has 0 aliphatic heterocycles. The minimum Gasteiger partial charge on any atom is -0.478 e. The van der Waals surface area contributed by atoms with Crippen molar-refractivity contribution in [3.05, 3.63) is 94.6 Å². The van der Waals surface area contributed by atoms with Crippen molar-refractivity contribution in [2.24, 2.45) is 23.2 Å². The van der Waals surface area contributed by atoms with E-state index in [1.807, 2.05) is 0 Å². The Hall–Kier alpha value is -5.59. The van der Waals surface area contributed by atoms with Crippen molar-refractivity contribution in [2.75, 3.05) is 11.9 Å². The second-order valence-corrected chi connectivity index (χ2v) is 14.1. The van der Waals surface area contributed by atoms with Crippen LogP contribution in [0.15, 0.2) is 60.9 Å². The van der Waals surface area contributed by atoms with Crippen LogP contribution in [-0.4, -0.2) is 62.4 Å². The number of nitrogens with one attached hydrogen (secondary N) is 4. The molecule has 4 saturated carbocycles. The van der Waals surface area contributed by atoms with Crippen LogP contribution in [0.2, 0.25) is 0 Å². The lowest BCUT2D eigenvalue weighted by molar-refractivity contribution is -0.118. The lowest BCUT2D eigenvalue weighted by Gasteiger charge is -2.56. The van der Waals surface area contributed by atoms with Gasteiger partial charge in [0.15, 0.2) is 0 Å². The highest BCUT2D eigenvalue weighted by Crippen LogP contribution is 2.59. The second-order valence-electron chi connectivity index (χ2n) is 14.1. The van der Waals surface area contributed by atoms with Gasteiger partial charge >= 0.3 is 11.9 Å². The average molecular weight is 682 g/mol. The Kier molecular flexibility index (Phi) is 8.58. The molecule has 4 aliphatic carbocycles. The van der Waals surface area contributed by atoms with Crippen LogP contribution in [0.1, 0.15) is 85.5 Å². The number of carbonyl (C=O) groups is 5. The molecular weight excluding hydrogens is 645 g/mol. The lowest BCUT2D eigenvalue weighted by Crippen LogP contribution is -2.51. The topological polar surface area (TPSA) is 191 Å². The number of aromatic carboxylic acids is 2. The summed E-state index contributed by atoms with van der Waals surface area (Å²) < 4.78 is 14.8. The first kappa shape index (κ1) is 32.9. The maximum absolute atomic E-state index is 14.8. The third-order valence-corrected chi connectivity index (χ3v) is 10.5. The first-order valence-corrected chi connectivity index (χ1v) is 16.7. The molecule has 4 bridgehead atoms. The van der Waals surface area contributed by atoms with Crippen LogP contribution in [0, 0.1) is 29.0 Å². The number of imidazole rings is 1. The number of carboxylic acid groups (broad SMARTS) is 2. The van der Waals surface area contributed by atoms with Crippen molar-refractivity contribution in [1.82, 2.24) is 20.6 Å². The molecule has 50 heavy (non-hydrogen) atoms. The average Bonchev–Trinajstić information content (AvgIpc) is 3.54. The van der Waals surface area contributed by atoms with Crippen LogP contribution in [0.3, 0.4) is 0 Å². The Labute approximate surface area is 285 Å². The van der Waals surface area contributed by atoms with Crippen LogP contribution in [-0.2, 0) is 11.2 Å². The number of H-pyrrole nitrogens is 1. The number of benzene rings is 3. The number of anilines is 1. The van der Waals surface area contributed by atoms with Gasteiger partial charge in [-0.25, -0.2) is 19.0 Å². The van der Waals surface area contributed by atoms with E-state index in [2.05, 4.69) is 25.9 Å². The third-order valence-electron chi connectivity index (χ3n) is 10.5. The molecule has 0 unspecified atom stereocenters. The summed E-state index contributed by atoms with van der Waals surface area (Å²) in [7, 11) is 0. The molecular formula is C37H36FN5O7. The second kappa shape index (κ2) is 13.0. The summed E-state index contributed by atoms with van der Waals surface area (Å²) >= 11 is 0. The van der Waals surface area contributed by atoms with E-state index in [1.165, 1.54) is 49.9 Å². The summed E-state index contributed by atoms with van der Waals surface area (Å²) in [4.78, 5) is 72.1. The highest BCUT2D eigenvalue weighted by atomic mass is 19.1. The number of fused-ring (bicyclic) bond motifs is 1. The van der Waals surface area contributed by atoms with Gasteiger partial charge in [0, 0.05) is 18.7 Å². The van der Waals surface area contributed by atoms with Gasteiger partial charge in [-0.15, -0.1) is 0 Å². The molecule has 12 nitrogen and oxygen atoms in total. The highest BCUT2D eigenvalue weighted by molar-refractivity contribution is 6.11. The van der Waals surface area contributed by atoms with Gasteiger partial charge in [0.1, 0.15) is 11.9 Å². The lowest BCUT2D eigenvalue weighted by atomic mass is 9.49. The molecule has 3 aromatic carbocycles. The van der Waals surface area contributed by atoms with Gasteiger partial charge in [-0.2, -0.15) is 0 Å². The number of rotatable bonds is 11. The molecule has 8 rings (SSSR count). The van der Waals surface area contributed by atoms with E-state index >= 15 is 0 Å². The Morgan fingerprint density at radius 3 is 2.10 bits per heavy atom. The van der Waals surface area contributed by atoms with E-state index in [9.17, 15) is 38.6 Å². The molecule has 13 heteroatoms. The fraction of sp³-hybridized carbons (Fsp3) is 0.351. The Bertz CT molecular complexity index is 1970. The zero-order valence-electron chi connectivity index (χ0n) is 27.0. The molecule has 0 radical (unpaired) electrons. The van der Waals surface area contributed by atoms with Gasteiger partial charge < -0.3 is 31.1 Å². The number of hydrogen-bond acceptors (Lipinski definition) is 6. The van der Waals surface area contributed by atoms with Crippen LogP contribution < -0.4 is 16.0 Å². The number of halogens is 1. The molecule has 6 N–H and O–H groups in total. The predicted molar refractivity (Wildman–Crippen MR) is 179 cm³/mol. The molecule has 1 aromatic heterocycles. The van der Waals surface area contributed by atoms with E-state index in [0.717, 1.165) is 37.5 Å². The largest absolute Gasteiger partial charge is 0.478 e. The summed E-state index contributed by atoms with van der Waals surface area (Å²) in [6.07, 6.45) is 8.18. The van der Waals surface area contributed by atoms with Crippen molar-refractivity contribution in [1.29, 1.82) is 0 Å². The van der Waals surface area contributed by atoms with Gasteiger partial charge in [0.2, 0.25) is 5.91 Å². The number of nitrogens with zero attached hydrogens (tertiary/aromatic N) is 1. The van der Waals surface area contributed by atoms with Gasteiger partial charge in [-0.3, -0.25) is 14.4 Å². The van der Waals surface area contributed by atoms with Crippen molar-refractivity contribution >= 4 is 46.4 Å². The number of aromatic nitrogens is 2. The molecule has 3 amide bonds. The summed E-state index contributed by atoms with van der Waals surface area (Å²) in [5, 5.41) is 27.2. The monoisotopic (exact) mass is 681 g/mol. The Morgan fingerprint density at radius 1 is 0.860 bits per heavy atom. The zero-order valence-corrected chi connectivity index (χ0v) is 27.0. The number of hydrogen-bond donors (Lipinski definition) is 6. The maximum Gasteiger partial charge on any atom is 0.335 e. The van der Waals surface area contributed by atoms with Crippen molar-refractivity contribution < 1.29 is 38.6 Å². The van der Waals surface area contributed by atoms with Crippen molar-refractivity contribution in [3.8, 4) is 0 Å². The quantitative estimate of drug-likeness (QED) is 0.127. The summed E-state index contributed by atoms with van der Waals surface area (Å²) in [5.74, 6) is -3.47. The minimum atomic E-state index is -1.43. The standard InChI is InChI=1S/C37H36FN5O7/c38-28-4-2-1-3-22(28)11-31(34(46)42-25-9-23(35(47)48)8-24(10-25)36(49)50)43-33(45)27-13-30-29(40-18-41-30)12-26(27)32(44)39-17-37-14-19-5-20(15-37)7-21(6-19)16-37/h1-4,8-10,12-13,18-21,31H,5-7,11,14-17H2,(H,39,44)(H,40,41)(H,42,46)(H,43,45)(H,47,48)(H,49,50)/t19?,20?,21?,31-,37?/m0/s1. The Morgan fingerprint density at radius 2 is 1.48 bits per heavy atom. The molecule has 4 fully saturated rings. The van der Waals surface area contributed by atoms with Gasteiger partial charge in [-0.1, -0.05) is 18.2 Å². The van der Waals surface area contributed by atoms with Crippen LogP contribution in [0.4, 0.5) is 10.1 Å².